The van der Waals surface area contributed by atoms with Gasteiger partial charge < -0.3 is 11.1 Å². The number of hydrogen-bond donors (Lipinski definition) is 3. The first-order valence-electron chi connectivity index (χ1n) is 11.8. The van der Waals surface area contributed by atoms with Crippen LogP contribution in [-0.4, -0.2) is 32.2 Å². The molecule has 1 aliphatic carbocycles. The van der Waals surface area contributed by atoms with Crippen molar-refractivity contribution in [3.05, 3.63) is 76.8 Å². The van der Waals surface area contributed by atoms with Crippen molar-refractivity contribution < 1.29 is 9.59 Å². The lowest BCUT2D eigenvalue weighted by Gasteiger charge is -2.11. The maximum absolute atomic E-state index is 12.3. The lowest BCUT2D eigenvalue weighted by molar-refractivity contribution is -0.117. The van der Waals surface area contributed by atoms with Crippen molar-refractivity contribution in [2.45, 2.75) is 38.5 Å². The van der Waals surface area contributed by atoms with Crippen LogP contribution in [0.15, 0.2) is 65.7 Å². The molecule has 0 radical (unpaired) electrons. The minimum absolute atomic E-state index is 0.0935. The fourth-order valence-corrected chi connectivity index (χ4v) is 5.85. The number of rotatable bonds is 8. The topological polar surface area (TPSA) is 134 Å². The molecule has 2 amide bonds. The number of benzene rings is 2. The van der Waals surface area contributed by atoms with Crippen molar-refractivity contribution in [3.63, 3.8) is 0 Å². The van der Waals surface area contributed by atoms with Crippen molar-refractivity contribution in [1.29, 1.82) is 5.41 Å². The van der Waals surface area contributed by atoms with E-state index in [-0.39, 0.29) is 29.3 Å². The Labute approximate surface area is 218 Å². The van der Waals surface area contributed by atoms with Gasteiger partial charge in [0.25, 0.3) is 5.91 Å². The maximum atomic E-state index is 12.3. The van der Waals surface area contributed by atoms with E-state index < -0.39 is 0 Å². The first kappa shape index (κ1) is 25.7. The number of amidine groups is 1. The van der Waals surface area contributed by atoms with Crippen LogP contribution in [0.1, 0.15) is 35.4 Å². The van der Waals surface area contributed by atoms with Crippen LogP contribution in [0.25, 0.3) is 0 Å². The molecule has 0 saturated heterocycles. The summed E-state index contributed by atoms with van der Waals surface area (Å²) in [5.41, 5.74) is 7.78. The Morgan fingerprint density at radius 3 is 2.39 bits per heavy atom. The fourth-order valence-electron chi connectivity index (χ4n) is 4.23. The van der Waals surface area contributed by atoms with Crippen LogP contribution >= 0.6 is 23.1 Å². The van der Waals surface area contributed by atoms with Crippen LogP contribution in [0, 0.1) is 17.2 Å². The molecule has 2 atom stereocenters. The SMILES string of the molecule is N=C(SC(N)=NC(=O)Cc1ccccc1)C1CCC(Cc2nnc(NC(=O)Cc3ccccc3)s2)C1. The number of hydrogen-bond acceptors (Lipinski definition) is 7. The molecule has 1 aromatic heterocycles. The third-order valence-electron chi connectivity index (χ3n) is 5.94. The van der Waals surface area contributed by atoms with E-state index >= 15 is 0 Å². The van der Waals surface area contributed by atoms with Gasteiger partial charge in [-0.3, -0.25) is 15.0 Å². The molecule has 36 heavy (non-hydrogen) atoms. The normalized spacial score (nSPS) is 17.6. The molecule has 0 bridgehead atoms. The van der Waals surface area contributed by atoms with Crippen molar-refractivity contribution in [1.82, 2.24) is 10.2 Å². The van der Waals surface area contributed by atoms with E-state index in [2.05, 4.69) is 20.5 Å². The van der Waals surface area contributed by atoms with Crippen LogP contribution < -0.4 is 11.1 Å². The van der Waals surface area contributed by atoms with Crippen molar-refractivity contribution >= 4 is 50.3 Å². The highest BCUT2D eigenvalue weighted by Gasteiger charge is 2.29. The molecule has 0 aliphatic heterocycles. The minimum Gasteiger partial charge on any atom is -0.378 e. The number of carbonyl (C=O) groups excluding carboxylic acids is 2. The van der Waals surface area contributed by atoms with Crippen LogP contribution in [-0.2, 0) is 28.9 Å². The van der Waals surface area contributed by atoms with Crippen LogP contribution in [0.2, 0.25) is 0 Å². The van der Waals surface area contributed by atoms with Crippen LogP contribution in [0.4, 0.5) is 5.13 Å². The van der Waals surface area contributed by atoms with Gasteiger partial charge in [-0.15, -0.1) is 10.2 Å². The van der Waals surface area contributed by atoms with Gasteiger partial charge in [-0.25, -0.2) is 0 Å². The smallest absolute Gasteiger partial charge is 0.252 e. The van der Waals surface area contributed by atoms with E-state index in [0.29, 0.717) is 22.5 Å². The largest absolute Gasteiger partial charge is 0.378 e. The molecular weight excluding hydrogens is 492 g/mol. The molecule has 2 aromatic carbocycles. The second-order valence-electron chi connectivity index (χ2n) is 8.76. The standard InChI is InChI=1S/C26H28N6O2S2/c27-24(36-25(28)29-21(33)14-17-7-3-1-4-8-17)20-12-11-19(13-20)16-23-31-32-26(35-23)30-22(34)15-18-9-5-2-6-10-18/h1-10,19-20,27H,11-16H2,(H2,28,29,33)(H,30,32,34). The number of nitrogens with one attached hydrogen (secondary N) is 2. The van der Waals surface area contributed by atoms with E-state index in [1.807, 2.05) is 60.7 Å². The Hall–Kier alpha value is -3.37. The van der Waals surface area contributed by atoms with Gasteiger partial charge in [0, 0.05) is 12.3 Å². The Morgan fingerprint density at radius 1 is 1.03 bits per heavy atom. The molecule has 1 saturated carbocycles. The first-order chi connectivity index (χ1) is 17.4. The molecular formula is C26H28N6O2S2. The first-order valence-corrected chi connectivity index (χ1v) is 13.4. The zero-order chi connectivity index (χ0) is 25.3. The lowest BCUT2D eigenvalue weighted by Crippen LogP contribution is -2.17. The minimum atomic E-state index is -0.314. The summed E-state index contributed by atoms with van der Waals surface area (Å²) in [4.78, 5) is 28.4. The molecule has 8 nitrogen and oxygen atoms in total. The Kier molecular flexibility index (Phi) is 8.96. The predicted octanol–water partition coefficient (Wildman–Crippen LogP) is 4.47. The number of thioether (sulfide) groups is 1. The molecule has 4 rings (SSSR count). The maximum Gasteiger partial charge on any atom is 0.252 e. The van der Waals surface area contributed by atoms with Crippen molar-refractivity contribution in [3.8, 4) is 0 Å². The highest BCUT2D eigenvalue weighted by molar-refractivity contribution is 8.26. The summed E-state index contributed by atoms with van der Waals surface area (Å²) in [6.45, 7) is 0. The van der Waals surface area contributed by atoms with Gasteiger partial charge in [-0.2, -0.15) is 4.99 Å². The number of carbonyl (C=O) groups is 2. The zero-order valence-electron chi connectivity index (χ0n) is 19.7. The summed E-state index contributed by atoms with van der Waals surface area (Å²) in [7, 11) is 0. The summed E-state index contributed by atoms with van der Waals surface area (Å²) in [5, 5.41) is 21.6. The van der Waals surface area contributed by atoms with E-state index in [1.165, 1.54) is 11.3 Å². The number of nitrogens with two attached hydrogens (primary N) is 1. The summed E-state index contributed by atoms with van der Waals surface area (Å²) >= 11 is 2.47. The quantitative estimate of drug-likeness (QED) is 0.296. The predicted molar refractivity (Wildman–Crippen MR) is 145 cm³/mol. The Balaban J connectivity index is 1.21. The summed E-state index contributed by atoms with van der Waals surface area (Å²) < 4.78 is 0. The molecule has 3 aromatic rings. The highest BCUT2D eigenvalue weighted by atomic mass is 32.2. The number of aromatic nitrogens is 2. The van der Waals surface area contributed by atoms with Crippen LogP contribution in [0.3, 0.4) is 0 Å². The zero-order valence-corrected chi connectivity index (χ0v) is 21.4. The van der Waals surface area contributed by atoms with Crippen molar-refractivity contribution in [2.75, 3.05) is 5.32 Å². The van der Waals surface area contributed by atoms with Gasteiger partial charge in [0.1, 0.15) is 5.01 Å². The Bertz CT molecular complexity index is 1230. The van der Waals surface area contributed by atoms with E-state index in [0.717, 1.165) is 53.6 Å². The second-order valence-corrected chi connectivity index (χ2v) is 10.9. The van der Waals surface area contributed by atoms with E-state index in [1.54, 1.807) is 0 Å². The molecule has 4 N–H and O–H groups in total. The van der Waals surface area contributed by atoms with Gasteiger partial charge in [-0.1, -0.05) is 72.0 Å². The average molecular weight is 521 g/mol. The summed E-state index contributed by atoms with van der Waals surface area (Å²) in [6, 6.07) is 19.0. The van der Waals surface area contributed by atoms with E-state index in [4.69, 9.17) is 11.1 Å². The van der Waals surface area contributed by atoms with Crippen LogP contribution in [0.5, 0.6) is 0 Å². The number of amides is 2. The van der Waals surface area contributed by atoms with Gasteiger partial charge in [0.05, 0.1) is 17.9 Å². The number of anilines is 1. The molecule has 1 heterocycles. The highest BCUT2D eigenvalue weighted by Crippen LogP contribution is 2.36. The third kappa shape index (κ3) is 7.82. The third-order valence-corrected chi connectivity index (χ3v) is 7.66. The molecule has 1 fully saturated rings. The molecule has 2 unspecified atom stereocenters. The van der Waals surface area contributed by atoms with Gasteiger partial charge in [0.2, 0.25) is 11.0 Å². The number of nitrogens with zero attached hydrogens (tertiary/aromatic N) is 3. The molecule has 10 heteroatoms. The Morgan fingerprint density at radius 2 is 1.69 bits per heavy atom. The number of aliphatic imine (C=N–C) groups is 1. The van der Waals surface area contributed by atoms with Crippen molar-refractivity contribution in [2.24, 2.45) is 22.6 Å². The monoisotopic (exact) mass is 520 g/mol. The van der Waals surface area contributed by atoms with Gasteiger partial charge in [-0.05, 0) is 48.1 Å². The average Bonchev–Trinajstić information content (AvgIpc) is 3.50. The molecule has 0 spiro atoms. The van der Waals surface area contributed by atoms with Gasteiger partial charge >= 0.3 is 0 Å². The van der Waals surface area contributed by atoms with E-state index in [9.17, 15) is 9.59 Å². The summed E-state index contributed by atoms with van der Waals surface area (Å²) in [6.07, 6.45) is 3.97. The second kappa shape index (κ2) is 12.5. The summed E-state index contributed by atoms with van der Waals surface area (Å²) in [5.74, 6) is 0.0497. The lowest BCUT2D eigenvalue weighted by atomic mass is 10.0. The van der Waals surface area contributed by atoms with Gasteiger partial charge in [0.15, 0.2) is 5.17 Å². The molecule has 186 valence electrons. The molecule has 1 aliphatic rings. The fraction of sp³-hybridized carbons (Fsp3) is 0.308.